The van der Waals surface area contributed by atoms with E-state index in [4.69, 9.17) is 5.73 Å². The third-order valence-corrected chi connectivity index (χ3v) is 3.12. The first-order valence-corrected chi connectivity index (χ1v) is 5.87. The summed E-state index contributed by atoms with van der Waals surface area (Å²) in [5, 5.41) is 0. The van der Waals surface area contributed by atoms with E-state index in [1.807, 2.05) is 0 Å². The van der Waals surface area contributed by atoms with Crippen molar-refractivity contribution in [2.75, 3.05) is 0 Å². The minimum atomic E-state index is -0.751. The Kier molecular flexibility index (Phi) is 3.62. The Balaban J connectivity index is 2.47. The fraction of sp³-hybridized carbons (Fsp3) is 0.200. The predicted octanol–water partition coefficient (Wildman–Crippen LogP) is 3.77. The molecule has 0 aliphatic carbocycles. The van der Waals surface area contributed by atoms with Gasteiger partial charge in [-0.1, -0.05) is 18.2 Å². The lowest BCUT2D eigenvalue weighted by Crippen LogP contribution is -2.14. The number of benzene rings is 2. The first-order chi connectivity index (χ1) is 8.90. The number of nitrogens with two attached hydrogens (primary N) is 1. The second-order valence-electron chi connectivity index (χ2n) is 4.61. The van der Waals surface area contributed by atoms with E-state index >= 15 is 0 Å². The van der Waals surface area contributed by atoms with Crippen LogP contribution in [0.4, 0.5) is 13.2 Å². The summed E-state index contributed by atoms with van der Waals surface area (Å²) in [4.78, 5) is 0. The Morgan fingerprint density at radius 1 is 0.947 bits per heavy atom. The van der Waals surface area contributed by atoms with E-state index in [1.165, 1.54) is 6.07 Å². The van der Waals surface area contributed by atoms with E-state index < -0.39 is 17.7 Å². The largest absolute Gasteiger partial charge is 0.320 e. The Morgan fingerprint density at radius 3 is 2.05 bits per heavy atom. The molecule has 4 heteroatoms. The van der Waals surface area contributed by atoms with Crippen LogP contribution >= 0.6 is 0 Å². The summed E-state index contributed by atoms with van der Waals surface area (Å²) in [6.07, 6.45) is 0. The van der Waals surface area contributed by atoms with Gasteiger partial charge in [0.05, 0.1) is 6.04 Å². The molecule has 0 radical (unpaired) electrons. The highest BCUT2D eigenvalue weighted by Gasteiger charge is 2.16. The van der Waals surface area contributed by atoms with Gasteiger partial charge in [0.15, 0.2) is 0 Å². The lowest BCUT2D eigenvalue weighted by atomic mass is 9.95. The third-order valence-electron chi connectivity index (χ3n) is 3.12. The first kappa shape index (κ1) is 13.6. The topological polar surface area (TPSA) is 26.0 Å². The van der Waals surface area contributed by atoms with E-state index in [0.29, 0.717) is 16.7 Å². The SMILES string of the molecule is Cc1cc(C(N)c2ccc(F)cc2F)cc(C)c1F. The molecule has 0 fully saturated rings. The molecule has 0 saturated carbocycles. The fourth-order valence-electron chi connectivity index (χ4n) is 2.09. The van der Waals surface area contributed by atoms with Crippen molar-refractivity contribution < 1.29 is 13.2 Å². The van der Waals surface area contributed by atoms with Crippen molar-refractivity contribution in [3.63, 3.8) is 0 Å². The maximum atomic E-state index is 13.7. The van der Waals surface area contributed by atoms with E-state index in [9.17, 15) is 13.2 Å². The molecule has 0 amide bonds. The molecule has 0 spiro atoms. The van der Waals surface area contributed by atoms with Crippen molar-refractivity contribution in [2.24, 2.45) is 5.73 Å². The Morgan fingerprint density at radius 2 is 1.53 bits per heavy atom. The van der Waals surface area contributed by atoms with Crippen molar-refractivity contribution in [3.8, 4) is 0 Å². The van der Waals surface area contributed by atoms with Gasteiger partial charge in [-0.2, -0.15) is 0 Å². The number of halogens is 3. The summed E-state index contributed by atoms with van der Waals surface area (Å²) in [7, 11) is 0. The smallest absolute Gasteiger partial charge is 0.131 e. The van der Waals surface area contributed by atoms with Crippen LogP contribution in [0.2, 0.25) is 0 Å². The molecule has 1 nitrogen and oxygen atoms in total. The van der Waals surface area contributed by atoms with E-state index in [2.05, 4.69) is 0 Å². The third kappa shape index (κ3) is 2.63. The van der Waals surface area contributed by atoms with E-state index in [0.717, 1.165) is 12.1 Å². The number of aryl methyl sites for hydroxylation is 2. The van der Waals surface area contributed by atoms with Gasteiger partial charge in [-0.15, -0.1) is 0 Å². The molecule has 0 aliphatic rings. The minimum Gasteiger partial charge on any atom is -0.320 e. The van der Waals surface area contributed by atoms with Crippen LogP contribution in [-0.4, -0.2) is 0 Å². The molecule has 0 heterocycles. The zero-order valence-corrected chi connectivity index (χ0v) is 10.7. The molecule has 2 aromatic carbocycles. The van der Waals surface area contributed by atoms with Gasteiger partial charge in [-0.3, -0.25) is 0 Å². The van der Waals surface area contributed by atoms with Gasteiger partial charge in [-0.05, 0) is 36.6 Å². The molecule has 0 aromatic heterocycles. The number of hydrogen-bond acceptors (Lipinski definition) is 1. The van der Waals surface area contributed by atoms with E-state index in [1.54, 1.807) is 26.0 Å². The minimum absolute atomic E-state index is 0.187. The molecule has 1 atom stereocenters. The molecule has 2 aromatic rings. The summed E-state index contributed by atoms with van der Waals surface area (Å²) in [5.74, 6) is -1.65. The van der Waals surface area contributed by atoms with E-state index in [-0.39, 0.29) is 11.4 Å². The molecule has 2 N–H and O–H groups in total. The van der Waals surface area contributed by atoms with Crippen LogP contribution in [0.1, 0.15) is 28.3 Å². The lowest BCUT2D eigenvalue weighted by Gasteiger charge is -2.15. The standard InChI is InChI=1S/C15H14F3N/c1-8-5-10(6-9(2)14(8)18)15(19)12-4-3-11(16)7-13(12)17/h3-7,15H,19H2,1-2H3. The Bertz CT molecular complexity index is 600. The molecule has 100 valence electrons. The van der Waals surface area contributed by atoms with Crippen molar-refractivity contribution in [1.82, 2.24) is 0 Å². The van der Waals surface area contributed by atoms with Crippen LogP contribution in [0, 0.1) is 31.3 Å². The second kappa shape index (κ2) is 5.05. The van der Waals surface area contributed by atoms with Gasteiger partial charge < -0.3 is 5.73 Å². The molecule has 1 unspecified atom stereocenters. The summed E-state index contributed by atoms with van der Waals surface area (Å²) >= 11 is 0. The highest BCUT2D eigenvalue weighted by atomic mass is 19.1. The van der Waals surface area contributed by atoms with Gasteiger partial charge in [-0.25, -0.2) is 13.2 Å². The van der Waals surface area contributed by atoms with Crippen LogP contribution in [0.15, 0.2) is 30.3 Å². The summed E-state index contributed by atoms with van der Waals surface area (Å²) in [5.41, 5.74) is 7.66. The van der Waals surface area contributed by atoms with Crippen LogP contribution in [0.25, 0.3) is 0 Å². The van der Waals surface area contributed by atoms with Gasteiger partial charge in [0, 0.05) is 11.6 Å². The average Bonchev–Trinajstić information content (AvgIpc) is 2.34. The van der Waals surface area contributed by atoms with Crippen molar-refractivity contribution in [1.29, 1.82) is 0 Å². The average molecular weight is 265 g/mol. The van der Waals surface area contributed by atoms with Crippen LogP contribution < -0.4 is 5.73 Å². The van der Waals surface area contributed by atoms with Crippen molar-refractivity contribution in [2.45, 2.75) is 19.9 Å². The quantitative estimate of drug-likeness (QED) is 0.878. The highest BCUT2D eigenvalue weighted by molar-refractivity contribution is 5.38. The van der Waals surface area contributed by atoms with Gasteiger partial charge in [0.1, 0.15) is 17.5 Å². The van der Waals surface area contributed by atoms with Gasteiger partial charge in [0.2, 0.25) is 0 Å². The molecule has 0 aliphatic heterocycles. The van der Waals surface area contributed by atoms with Gasteiger partial charge >= 0.3 is 0 Å². The van der Waals surface area contributed by atoms with Crippen LogP contribution in [-0.2, 0) is 0 Å². The predicted molar refractivity (Wildman–Crippen MR) is 68.3 cm³/mol. The molecule has 2 rings (SSSR count). The summed E-state index contributed by atoms with van der Waals surface area (Å²) in [6.45, 7) is 3.25. The normalized spacial score (nSPS) is 12.5. The molecular formula is C15H14F3N. The zero-order valence-electron chi connectivity index (χ0n) is 10.7. The molecule has 0 saturated heterocycles. The summed E-state index contributed by atoms with van der Waals surface area (Å²) in [6, 6.07) is 5.66. The second-order valence-corrected chi connectivity index (χ2v) is 4.61. The van der Waals surface area contributed by atoms with Crippen LogP contribution in [0.3, 0.4) is 0 Å². The van der Waals surface area contributed by atoms with Gasteiger partial charge in [0.25, 0.3) is 0 Å². The highest BCUT2D eigenvalue weighted by Crippen LogP contribution is 2.25. The Labute approximate surface area is 109 Å². The molecular weight excluding hydrogens is 251 g/mol. The zero-order chi connectivity index (χ0) is 14.2. The fourth-order valence-corrected chi connectivity index (χ4v) is 2.09. The maximum Gasteiger partial charge on any atom is 0.131 e. The summed E-state index contributed by atoms with van der Waals surface area (Å²) < 4.78 is 40.1. The first-order valence-electron chi connectivity index (χ1n) is 5.87. The number of hydrogen-bond donors (Lipinski definition) is 1. The number of rotatable bonds is 2. The molecule has 0 bridgehead atoms. The van der Waals surface area contributed by atoms with Crippen molar-refractivity contribution >= 4 is 0 Å². The lowest BCUT2D eigenvalue weighted by molar-refractivity contribution is 0.565. The van der Waals surface area contributed by atoms with Crippen molar-refractivity contribution in [3.05, 3.63) is 70.0 Å². The monoisotopic (exact) mass is 265 g/mol. The van der Waals surface area contributed by atoms with Crippen LogP contribution in [0.5, 0.6) is 0 Å². The molecule has 19 heavy (non-hydrogen) atoms. The Hall–Kier alpha value is -1.81. The maximum absolute atomic E-state index is 13.7.